The SMILES string of the molecule is C=CC[C@]1(C(=O)O)N=C(c2ccc(OCCCO)cc2)O[C@H]1c1ccccc1N=[N+]=[N-]. The van der Waals surface area contributed by atoms with Crippen LogP contribution in [0.1, 0.15) is 30.1 Å². The van der Waals surface area contributed by atoms with Gasteiger partial charge in [-0.25, -0.2) is 9.79 Å². The zero-order valence-electron chi connectivity index (χ0n) is 16.7. The number of rotatable bonds is 10. The van der Waals surface area contributed by atoms with Crippen LogP contribution in [0.15, 0.2) is 71.3 Å². The first-order valence-corrected chi connectivity index (χ1v) is 9.64. The van der Waals surface area contributed by atoms with Gasteiger partial charge in [-0.2, -0.15) is 0 Å². The summed E-state index contributed by atoms with van der Waals surface area (Å²) in [7, 11) is 0. The lowest BCUT2D eigenvalue weighted by atomic mass is 9.85. The summed E-state index contributed by atoms with van der Waals surface area (Å²) in [5, 5.41) is 22.6. The maximum absolute atomic E-state index is 12.4. The molecule has 31 heavy (non-hydrogen) atoms. The fourth-order valence-corrected chi connectivity index (χ4v) is 3.35. The number of aliphatic carboxylic acids is 1. The Balaban J connectivity index is 2.00. The van der Waals surface area contributed by atoms with E-state index in [9.17, 15) is 9.90 Å². The number of hydrogen-bond donors (Lipinski definition) is 2. The minimum absolute atomic E-state index is 0.0173. The van der Waals surface area contributed by atoms with Crippen LogP contribution < -0.4 is 4.74 Å². The van der Waals surface area contributed by atoms with E-state index in [4.69, 9.17) is 20.1 Å². The molecule has 3 rings (SSSR count). The minimum atomic E-state index is -1.66. The summed E-state index contributed by atoms with van der Waals surface area (Å²) in [5.41, 5.74) is 8.51. The van der Waals surface area contributed by atoms with Crippen LogP contribution in [0.2, 0.25) is 0 Å². The number of benzene rings is 2. The molecular formula is C22H22N4O5. The van der Waals surface area contributed by atoms with E-state index in [-0.39, 0.29) is 24.6 Å². The van der Waals surface area contributed by atoms with E-state index in [2.05, 4.69) is 21.6 Å². The van der Waals surface area contributed by atoms with Gasteiger partial charge < -0.3 is 19.7 Å². The van der Waals surface area contributed by atoms with Crippen molar-refractivity contribution in [3.05, 3.63) is 82.8 Å². The Labute approximate surface area is 178 Å². The van der Waals surface area contributed by atoms with Crippen molar-refractivity contribution < 1.29 is 24.5 Å². The molecule has 2 N–H and O–H groups in total. The molecule has 0 fully saturated rings. The van der Waals surface area contributed by atoms with Gasteiger partial charge in [0.05, 0.1) is 6.61 Å². The fourth-order valence-electron chi connectivity index (χ4n) is 3.35. The van der Waals surface area contributed by atoms with Crippen molar-refractivity contribution in [1.82, 2.24) is 0 Å². The van der Waals surface area contributed by atoms with Gasteiger partial charge in [0.15, 0.2) is 6.10 Å². The second kappa shape index (κ2) is 9.80. The number of carboxylic acid groups (broad SMARTS) is 1. The molecule has 0 radical (unpaired) electrons. The smallest absolute Gasteiger partial charge is 0.336 e. The Morgan fingerprint density at radius 1 is 1.32 bits per heavy atom. The van der Waals surface area contributed by atoms with E-state index in [0.29, 0.717) is 29.9 Å². The number of aliphatic imine (C=N–C) groups is 1. The van der Waals surface area contributed by atoms with Crippen molar-refractivity contribution >= 4 is 17.6 Å². The largest absolute Gasteiger partial charge is 0.494 e. The van der Waals surface area contributed by atoms with Gasteiger partial charge in [0.1, 0.15) is 5.75 Å². The maximum Gasteiger partial charge on any atom is 0.336 e. The monoisotopic (exact) mass is 422 g/mol. The molecule has 0 saturated heterocycles. The highest BCUT2D eigenvalue weighted by Crippen LogP contribution is 2.45. The van der Waals surface area contributed by atoms with Gasteiger partial charge in [0.2, 0.25) is 11.4 Å². The van der Waals surface area contributed by atoms with Crippen molar-refractivity contribution in [1.29, 1.82) is 0 Å². The number of nitrogens with zero attached hydrogens (tertiary/aromatic N) is 4. The zero-order valence-corrected chi connectivity index (χ0v) is 16.7. The average molecular weight is 422 g/mol. The minimum Gasteiger partial charge on any atom is -0.494 e. The summed E-state index contributed by atoms with van der Waals surface area (Å²) in [5.74, 6) is -0.407. The normalized spacial score (nSPS) is 19.6. The van der Waals surface area contributed by atoms with E-state index in [1.807, 2.05) is 0 Å². The molecule has 160 valence electrons. The lowest BCUT2D eigenvalue weighted by Crippen LogP contribution is -2.40. The Morgan fingerprint density at radius 3 is 2.71 bits per heavy atom. The highest BCUT2D eigenvalue weighted by Gasteiger charge is 2.53. The molecule has 0 saturated carbocycles. The lowest BCUT2D eigenvalue weighted by Gasteiger charge is -2.27. The summed E-state index contributed by atoms with van der Waals surface area (Å²) >= 11 is 0. The van der Waals surface area contributed by atoms with Gasteiger partial charge >= 0.3 is 5.97 Å². The van der Waals surface area contributed by atoms with Gasteiger partial charge in [-0.05, 0) is 29.8 Å². The number of aliphatic hydroxyl groups excluding tert-OH is 1. The summed E-state index contributed by atoms with van der Waals surface area (Å²) in [6, 6.07) is 13.5. The predicted molar refractivity (Wildman–Crippen MR) is 114 cm³/mol. The summed E-state index contributed by atoms with van der Waals surface area (Å²) < 4.78 is 11.6. The fraction of sp³-hybridized carbons (Fsp3) is 0.273. The molecule has 0 spiro atoms. The van der Waals surface area contributed by atoms with Crippen LogP contribution in [-0.4, -0.2) is 40.8 Å². The van der Waals surface area contributed by atoms with Crippen LogP contribution in [0.3, 0.4) is 0 Å². The summed E-state index contributed by atoms with van der Waals surface area (Å²) in [4.78, 5) is 19.7. The topological polar surface area (TPSA) is 137 Å². The Kier molecular flexibility index (Phi) is 6.92. The van der Waals surface area contributed by atoms with Crippen molar-refractivity contribution in [3.63, 3.8) is 0 Å². The third-order valence-electron chi connectivity index (χ3n) is 4.83. The molecule has 2 atom stereocenters. The molecule has 0 amide bonds. The van der Waals surface area contributed by atoms with Crippen LogP contribution in [0, 0.1) is 0 Å². The van der Waals surface area contributed by atoms with Crippen molar-refractivity contribution in [2.75, 3.05) is 13.2 Å². The van der Waals surface area contributed by atoms with Gasteiger partial charge in [-0.3, -0.25) is 0 Å². The van der Waals surface area contributed by atoms with E-state index in [1.165, 1.54) is 6.08 Å². The average Bonchev–Trinajstić information content (AvgIpc) is 3.16. The second-order valence-corrected chi connectivity index (χ2v) is 6.84. The van der Waals surface area contributed by atoms with Crippen molar-refractivity contribution in [3.8, 4) is 5.75 Å². The molecular weight excluding hydrogens is 400 g/mol. The van der Waals surface area contributed by atoms with E-state index < -0.39 is 17.6 Å². The van der Waals surface area contributed by atoms with Crippen LogP contribution in [0.5, 0.6) is 5.75 Å². The first-order chi connectivity index (χ1) is 15.1. The van der Waals surface area contributed by atoms with Crippen LogP contribution in [-0.2, 0) is 9.53 Å². The lowest BCUT2D eigenvalue weighted by molar-refractivity contribution is -0.146. The first-order valence-electron chi connectivity index (χ1n) is 9.64. The van der Waals surface area contributed by atoms with E-state index >= 15 is 0 Å². The van der Waals surface area contributed by atoms with Gasteiger partial charge in [0, 0.05) is 41.2 Å². The standard InChI is InChI=1S/C22H22N4O5/c1-2-12-22(21(28)29)19(17-6-3-4-7-18(17)25-26-23)31-20(24-22)15-8-10-16(11-9-15)30-14-5-13-27/h2-4,6-11,19,27H,1,5,12-14H2,(H,28,29)/t19-,22-/m0/s1. The molecule has 0 aromatic heterocycles. The van der Waals surface area contributed by atoms with Crippen LogP contribution in [0.4, 0.5) is 5.69 Å². The quantitative estimate of drug-likeness (QED) is 0.193. The van der Waals surface area contributed by atoms with Gasteiger partial charge in [-0.15, -0.1) is 6.58 Å². The van der Waals surface area contributed by atoms with E-state index in [0.717, 1.165) is 0 Å². The number of azide groups is 1. The number of carbonyl (C=O) groups is 1. The third kappa shape index (κ3) is 4.53. The van der Waals surface area contributed by atoms with Crippen molar-refractivity contribution in [2.24, 2.45) is 10.1 Å². The van der Waals surface area contributed by atoms with Crippen molar-refractivity contribution in [2.45, 2.75) is 24.5 Å². The summed E-state index contributed by atoms with van der Waals surface area (Å²) in [6.45, 7) is 4.10. The molecule has 1 aliphatic rings. The molecule has 0 aliphatic carbocycles. The highest BCUT2D eigenvalue weighted by molar-refractivity contribution is 5.99. The Morgan fingerprint density at radius 2 is 2.06 bits per heavy atom. The molecule has 9 nitrogen and oxygen atoms in total. The van der Waals surface area contributed by atoms with Gasteiger partial charge in [0.25, 0.3) is 0 Å². The molecule has 2 aromatic carbocycles. The zero-order chi connectivity index (χ0) is 22.3. The number of hydrogen-bond acceptors (Lipinski definition) is 6. The molecule has 1 aliphatic heterocycles. The second-order valence-electron chi connectivity index (χ2n) is 6.84. The van der Waals surface area contributed by atoms with Gasteiger partial charge in [-0.1, -0.05) is 35.5 Å². The van der Waals surface area contributed by atoms with Crippen LogP contribution in [0.25, 0.3) is 10.4 Å². The number of carboxylic acids is 1. The predicted octanol–water partition coefficient (Wildman–Crippen LogP) is 4.31. The molecule has 0 unspecified atom stereocenters. The summed E-state index contributed by atoms with van der Waals surface area (Å²) in [6.07, 6.45) is 1.00. The van der Waals surface area contributed by atoms with E-state index in [1.54, 1.807) is 48.5 Å². The molecule has 1 heterocycles. The Bertz CT molecular complexity index is 1030. The maximum atomic E-state index is 12.4. The third-order valence-corrected chi connectivity index (χ3v) is 4.83. The molecule has 9 heteroatoms. The first kappa shape index (κ1) is 21.9. The highest BCUT2D eigenvalue weighted by atomic mass is 16.5. The van der Waals surface area contributed by atoms with Crippen LogP contribution >= 0.6 is 0 Å². The Hall–Kier alpha value is -3.81. The molecule has 2 aromatic rings. The molecule has 0 bridgehead atoms. The number of aliphatic hydroxyl groups is 1. The number of ether oxygens (including phenoxy) is 2.